The number of nitrogens with one attached hydrogen (secondary N) is 1. The summed E-state index contributed by atoms with van der Waals surface area (Å²) in [5.41, 5.74) is 0.813. The van der Waals surface area contributed by atoms with Crippen molar-refractivity contribution in [2.75, 3.05) is 11.9 Å². The molecule has 0 saturated heterocycles. The highest BCUT2D eigenvalue weighted by Crippen LogP contribution is 2.32. The van der Waals surface area contributed by atoms with Crippen LogP contribution in [0.3, 0.4) is 0 Å². The van der Waals surface area contributed by atoms with Gasteiger partial charge >= 0.3 is 0 Å². The van der Waals surface area contributed by atoms with Crippen LogP contribution in [-0.4, -0.2) is 11.5 Å². The Morgan fingerprint density at radius 2 is 2.28 bits per heavy atom. The summed E-state index contributed by atoms with van der Waals surface area (Å²) in [4.78, 5) is 10.7. The molecule has 1 aliphatic carbocycles. The maximum absolute atomic E-state index is 11.0. The first-order valence-corrected chi connectivity index (χ1v) is 7.32. The van der Waals surface area contributed by atoms with Gasteiger partial charge in [0.1, 0.15) is 5.69 Å². The summed E-state index contributed by atoms with van der Waals surface area (Å²) in [5, 5.41) is 14.2. The fourth-order valence-corrected chi connectivity index (χ4v) is 3.04. The highest BCUT2D eigenvalue weighted by atomic mass is 127. The van der Waals surface area contributed by atoms with Crippen LogP contribution in [0.1, 0.15) is 26.2 Å². The molecule has 1 aromatic carbocycles. The molecule has 0 aliphatic heterocycles. The molecule has 2 unspecified atom stereocenters. The van der Waals surface area contributed by atoms with Crippen molar-refractivity contribution in [3.63, 3.8) is 0 Å². The van der Waals surface area contributed by atoms with E-state index in [1.54, 1.807) is 12.1 Å². The average molecular weight is 360 g/mol. The number of hydrogen-bond donors (Lipinski definition) is 1. The zero-order valence-electron chi connectivity index (χ0n) is 10.4. The van der Waals surface area contributed by atoms with Crippen molar-refractivity contribution >= 4 is 34.0 Å². The van der Waals surface area contributed by atoms with Crippen molar-refractivity contribution in [1.82, 2.24) is 0 Å². The van der Waals surface area contributed by atoms with Crippen LogP contribution in [0.4, 0.5) is 11.4 Å². The van der Waals surface area contributed by atoms with Gasteiger partial charge in [0.2, 0.25) is 0 Å². The largest absolute Gasteiger partial charge is 0.379 e. The van der Waals surface area contributed by atoms with E-state index < -0.39 is 0 Å². The molecule has 1 N–H and O–H groups in total. The Kier molecular flexibility index (Phi) is 4.42. The van der Waals surface area contributed by atoms with Crippen LogP contribution in [0.5, 0.6) is 0 Å². The Balaban J connectivity index is 2.02. The summed E-state index contributed by atoms with van der Waals surface area (Å²) in [5.74, 6) is 1.45. The molecule has 0 radical (unpaired) electrons. The van der Waals surface area contributed by atoms with Gasteiger partial charge in [-0.25, -0.2) is 0 Å². The van der Waals surface area contributed by atoms with Crippen LogP contribution in [-0.2, 0) is 0 Å². The van der Waals surface area contributed by atoms with Crippen molar-refractivity contribution in [2.24, 2.45) is 11.8 Å². The number of halogens is 1. The van der Waals surface area contributed by atoms with Gasteiger partial charge in [-0.05, 0) is 59.4 Å². The van der Waals surface area contributed by atoms with Gasteiger partial charge in [0, 0.05) is 16.2 Å². The summed E-state index contributed by atoms with van der Waals surface area (Å²) >= 11 is 2.09. The normalized spacial score (nSPS) is 23.0. The molecule has 0 aromatic heterocycles. The van der Waals surface area contributed by atoms with E-state index in [0.717, 1.165) is 16.0 Å². The Labute approximate surface area is 120 Å². The van der Waals surface area contributed by atoms with Crippen LogP contribution in [0.2, 0.25) is 0 Å². The minimum Gasteiger partial charge on any atom is -0.379 e. The number of anilines is 1. The fourth-order valence-electron chi connectivity index (χ4n) is 2.57. The molecule has 0 amide bonds. The Morgan fingerprint density at radius 1 is 1.50 bits per heavy atom. The first-order valence-electron chi connectivity index (χ1n) is 6.24. The molecule has 2 atom stereocenters. The third-order valence-corrected chi connectivity index (χ3v) is 4.21. The number of nitro groups is 1. The highest BCUT2D eigenvalue weighted by molar-refractivity contribution is 14.1. The predicted octanol–water partition coefficient (Wildman–Crippen LogP) is 4.05. The first-order chi connectivity index (χ1) is 8.56. The van der Waals surface area contributed by atoms with Gasteiger partial charge in [-0.1, -0.05) is 13.3 Å². The molecule has 18 heavy (non-hydrogen) atoms. The monoisotopic (exact) mass is 360 g/mol. The van der Waals surface area contributed by atoms with E-state index in [4.69, 9.17) is 0 Å². The lowest BCUT2D eigenvalue weighted by atomic mass is 10.1. The van der Waals surface area contributed by atoms with Gasteiger partial charge in [-0.3, -0.25) is 10.1 Å². The molecule has 1 fully saturated rings. The summed E-state index contributed by atoms with van der Waals surface area (Å²) in [6, 6.07) is 5.31. The maximum atomic E-state index is 11.0. The SMILES string of the molecule is CC1CCC(CNc2ccc(I)cc2[N+](=O)[O-])C1. The smallest absolute Gasteiger partial charge is 0.293 e. The summed E-state index contributed by atoms with van der Waals surface area (Å²) < 4.78 is 0.888. The molecule has 98 valence electrons. The molecular weight excluding hydrogens is 343 g/mol. The number of benzene rings is 1. The Bertz CT molecular complexity index is 451. The van der Waals surface area contributed by atoms with E-state index in [0.29, 0.717) is 11.6 Å². The van der Waals surface area contributed by atoms with E-state index in [-0.39, 0.29) is 10.6 Å². The van der Waals surface area contributed by atoms with Gasteiger partial charge in [0.15, 0.2) is 0 Å². The average Bonchev–Trinajstić information content (AvgIpc) is 2.73. The summed E-state index contributed by atoms with van der Waals surface area (Å²) in [6.45, 7) is 3.11. The van der Waals surface area contributed by atoms with Crippen LogP contribution in [0.15, 0.2) is 18.2 Å². The second-order valence-electron chi connectivity index (χ2n) is 5.08. The number of rotatable bonds is 4. The van der Waals surface area contributed by atoms with Crippen LogP contribution >= 0.6 is 22.6 Å². The third kappa shape index (κ3) is 3.34. The third-order valence-electron chi connectivity index (χ3n) is 3.54. The van der Waals surface area contributed by atoms with Gasteiger partial charge in [0.05, 0.1) is 4.92 Å². The predicted molar refractivity (Wildman–Crippen MR) is 80.8 cm³/mol. The van der Waals surface area contributed by atoms with Crippen LogP contribution in [0, 0.1) is 25.5 Å². The molecule has 1 aliphatic rings. The van der Waals surface area contributed by atoms with Crippen LogP contribution in [0.25, 0.3) is 0 Å². The quantitative estimate of drug-likeness (QED) is 0.501. The lowest BCUT2D eigenvalue weighted by Gasteiger charge is -2.12. The molecule has 4 nitrogen and oxygen atoms in total. The molecule has 0 bridgehead atoms. The van der Waals surface area contributed by atoms with Crippen LogP contribution < -0.4 is 5.32 Å². The summed E-state index contributed by atoms with van der Waals surface area (Å²) in [7, 11) is 0. The van der Waals surface area contributed by atoms with Gasteiger partial charge < -0.3 is 5.32 Å². The highest BCUT2D eigenvalue weighted by Gasteiger charge is 2.22. The molecular formula is C13H17IN2O2. The Hall–Kier alpha value is -0.850. The number of nitrogens with zero attached hydrogens (tertiary/aromatic N) is 1. The van der Waals surface area contributed by atoms with E-state index in [1.165, 1.54) is 19.3 Å². The minimum atomic E-state index is -0.318. The first kappa shape index (κ1) is 13.6. The zero-order chi connectivity index (χ0) is 13.1. The van der Waals surface area contributed by atoms with Gasteiger partial charge in [-0.2, -0.15) is 0 Å². The van der Waals surface area contributed by atoms with Gasteiger partial charge in [0.25, 0.3) is 5.69 Å². The number of nitro benzene ring substituents is 1. The van der Waals surface area contributed by atoms with Crippen molar-refractivity contribution in [1.29, 1.82) is 0 Å². The van der Waals surface area contributed by atoms with Crippen molar-refractivity contribution in [2.45, 2.75) is 26.2 Å². The second-order valence-corrected chi connectivity index (χ2v) is 6.33. The van der Waals surface area contributed by atoms with E-state index >= 15 is 0 Å². The molecule has 1 aromatic rings. The molecule has 1 saturated carbocycles. The van der Waals surface area contributed by atoms with E-state index in [2.05, 4.69) is 34.8 Å². The molecule has 0 spiro atoms. The lowest BCUT2D eigenvalue weighted by Crippen LogP contribution is -2.12. The molecule has 0 heterocycles. The van der Waals surface area contributed by atoms with E-state index in [1.807, 2.05) is 6.07 Å². The standard InChI is InChI=1S/C13H17IN2O2/c1-9-2-3-10(6-9)8-15-12-5-4-11(14)7-13(12)16(17)18/h4-5,7,9-10,15H,2-3,6,8H2,1H3. The van der Waals surface area contributed by atoms with Crippen molar-refractivity contribution in [3.8, 4) is 0 Å². The van der Waals surface area contributed by atoms with Crippen molar-refractivity contribution in [3.05, 3.63) is 31.9 Å². The zero-order valence-corrected chi connectivity index (χ0v) is 12.5. The molecule has 5 heteroatoms. The fraction of sp³-hybridized carbons (Fsp3) is 0.538. The minimum absolute atomic E-state index is 0.174. The maximum Gasteiger partial charge on any atom is 0.293 e. The Morgan fingerprint density at radius 3 is 2.89 bits per heavy atom. The lowest BCUT2D eigenvalue weighted by molar-refractivity contribution is -0.384. The topological polar surface area (TPSA) is 55.2 Å². The van der Waals surface area contributed by atoms with Crippen molar-refractivity contribution < 1.29 is 4.92 Å². The summed E-state index contributed by atoms with van der Waals surface area (Å²) in [6.07, 6.45) is 3.73. The second kappa shape index (κ2) is 5.86. The number of hydrogen-bond acceptors (Lipinski definition) is 3. The van der Waals surface area contributed by atoms with E-state index in [9.17, 15) is 10.1 Å². The van der Waals surface area contributed by atoms with Gasteiger partial charge in [-0.15, -0.1) is 0 Å². The molecule has 2 rings (SSSR count).